The Morgan fingerprint density at radius 2 is 1.75 bits per heavy atom. The molecule has 2 fully saturated rings. The van der Waals surface area contributed by atoms with Crippen LogP contribution in [0.2, 0.25) is 0 Å². The summed E-state index contributed by atoms with van der Waals surface area (Å²) in [6.07, 6.45) is 2.75. The van der Waals surface area contributed by atoms with Crippen molar-refractivity contribution in [3.8, 4) is 0 Å². The van der Waals surface area contributed by atoms with Crippen LogP contribution in [0, 0.1) is 20.9 Å². The van der Waals surface area contributed by atoms with E-state index in [2.05, 4.69) is 0 Å². The zero-order chi connectivity index (χ0) is 17.5. The Hall–Kier alpha value is -2.24. The Bertz CT molecular complexity index is 703. The molecule has 1 aliphatic carbocycles. The van der Waals surface area contributed by atoms with Crippen LogP contribution >= 0.6 is 0 Å². The van der Waals surface area contributed by atoms with E-state index in [9.17, 15) is 19.7 Å². The van der Waals surface area contributed by atoms with Crippen LogP contribution in [-0.2, 0) is 14.3 Å². The summed E-state index contributed by atoms with van der Waals surface area (Å²) < 4.78 is 5.68. The second-order valence-electron chi connectivity index (χ2n) is 7.29. The fourth-order valence-corrected chi connectivity index (χ4v) is 4.11. The van der Waals surface area contributed by atoms with Crippen LogP contribution in [0.1, 0.15) is 57.6 Å². The highest BCUT2D eigenvalue weighted by atomic mass is 16.6. The second kappa shape index (κ2) is 5.69. The highest BCUT2D eigenvalue weighted by Crippen LogP contribution is 2.54. The Labute approximate surface area is 140 Å². The van der Waals surface area contributed by atoms with Gasteiger partial charge in [-0.2, -0.15) is 0 Å². The van der Waals surface area contributed by atoms with Crippen molar-refractivity contribution < 1.29 is 19.2 Å². The first-order chi connectivity index (χ1) is 11.3. The third-order valence-corrected chi connectivity index (χ3v) is 5.41. The van der Waals surface area contributed by atoms with E-state index in [0.29, 0.717) is 12.8 Å². The minimum atomic E-state index is -1.07. The van der Waals surface area contributed by atoms with Crippen molar-refractivity contribution in [1.82, 2.24) is 0 Å². The molecule has 1 atom stereocenters. The maximum absolute atomic E-state index is 13.2. The van der Waals surface area contributed by atoms with Gasteiger partial charge in [0.05, 0.1) is 15.9 Å². The monoisotopic (exact) mass is 331 g/mol. The van der Waals surface area contributed by atoms with Gasteiger partial charge in [-0.25, -0.2) is 0 Å². The van der Waals surface area contributed by atoms with E-state index < -0.39 is 27.8 Å². The third kappa shape index (κ3) is 2.32. The van der Waals surface area contributed by atoms with Crippen molar-refractivity contribution in [2.75, 3.05) is 0 Å². The number of ketones is 1. The van der Waals surface area contributed by atoms with Crippen LogP contribution in [0.3, 0.4) is 0 Å². The number of hydrogen-bond acceptors (Lipinski definition) is 5. The number of carbonyl (C=O) groups excluding carboxylic acids is 2. The maximum atomic E-state index is 13.2. The normalized spacial score (nSPS) is 25.3. The van der Waals surface area contributed by atoms with E-state index in [0.717, 1.165) is 19.3 Å². The van der Waals surface area contributed by atoms with Gasteiger partial charge in [0.15, 0.2) is 5.78 Å². The molecule has 1 aromatic carbocycles. The van der Waals surface area contributed by atoms with Crippen LogP contribution in [0.5, 0.6) is 0 Å². The van der Waals surface area contributed by atoms with Gasteiger partial charge < -0.3 is 4.74 Å². The van der Waals surface area contributed by atoms with Gasteiger partial charge in [-0.3, -0.25) is 19.7 Å². The Morgan fingerprint density at radius 3 is 2.38 bits per heavy atom. The number of carbonyl (C=O) groups is 2. The molecule has 1 unspecified atom stereocenters. The maximum Gasteiger partial charge on any atom is 0.320 e. The molecule has 1 heterocycles. The second-order valence-corrected chi connectivity index (χ2v) is 7.29. The molecule has 128 valence electrons. The Kier molecular flexibility index (Phi) is 3.94. The van der Waals surface area contributed by atoms with Crippen molar-refractivity contribution in [2.24, 2.45) is 10.8 Å². The Balaban J connectivity index is 2.06. The average Bonchev–Trinajstić information content (AvgIpc) is 2.58. The molecule has 1 aromatic rings. The number of nitro groups is 1. The summed E-state index contributed by atoms with van der Waals surface area (Å²) in [5.74, 6) is -0.663. The molecule has 24 heavy (non-hydrogen) atoms. The zero-order valence-corrected chi connectivity index (χ0v) is 13.9. The molecule has 3 rings (SSSR count). The molecule has 1 saturated heterocycles. The summed E-state index contributed by atoms with van der Waals surface area (Å²) in [7, 11) is 0. The van der Waals surface area contributed by atoms with Crippen LogP contribution in [-0.4, -0.2) is 16.7 Å². The molecule has 0 radical (unpaired) electrons. The fraction of sp³-hybridized carbons (Fsp3) is 0.556. The van der Waals surface area contributed by atoms with Crippen molar-refractivity contribution in [1.29, 1.82) is 0 Å². The number of Topliss-reactive ketones (excluding diaryl/α,β-unsaturated/α-hetero) is 1. The predicted molar refractivity (Wildman–Crippen MR) is 86.2 cm³/mol. The molecule has 6 heteroatoms. The summed E-state index contributed by atoms with van der Waals surface area (Å²) in [5, 5.41) is 11.3. The molecular formula is C18H21NO5. The van der Waals surface area contributed by atoms with E-state index in [-0.39, 0.29) is 17.0 Å². The van der Waals surface area contributed by atoms with Gasteiger partial charge in [-0.1, -0.05) is 31.4 Å². The summed E-state index contributed by atoms with van der Waals surface area (Å²) in [6.45, 7) is 3.44. The number of rotatable bonds is 2. The highest BCUT2D eigenvalue weighted by molar-refractivity contribution is 6.08. The zero-order valence-electron chi connectivity index (χ0n) is 13.9. The van der Waals surface area contributed by atoms with Gasteiger partial charge in [0, 0.05) is 6.07 Å². The standard InChI is InChI=1S/C18H21NO5/c1-17(2)14(12-8-4-5-9-13(12)19(22)23)24-16(21)18(15(17)20)10-6-3-7-11-18/h4-5,8-9,14H,3,6-7,10-11H2,1-2H3. The molecule has 6 nitrogen and oxygen atoms in total. The number of esters is 1. The summed E-state index contributed by atoms with van der Waals surface area (Å²) in [5.41, 5.74) is -1.92. The number of hydrogen-bond donors (Lipinski definition) is 0. The number of cyclic esters (lactones) is 1. The summed E-state index contributed by atoms with van der Waals surface area (Å²) in [4.78, 5) is 36.8. The molecule has 0 amide bonds. The van der Waals surface area contributed by atoms with Crippen LogP contribution < -0.4 is 0 Å². The molecule has 2 aliphatic rings. The largest absolute Gasteiger partial charge is 0.455 e. The molecule has 0 aromatic heterocycles. The van der Waals surface area contributed by atoms with E-state index in [1.807, 2.05) is 0 Å². The smallest absolute Gasteiger partial charge is 0.320 e. The molecule has 1 spiro atoms. The highest BCUT2D eigenvalue weighted by Gasteiger charge is 2.60. The number of ether oxygens (including phenoxy) is 1. The first kappa shape index (κ1) is 16.6. The van der Waals surface area contributed by atoms with Gasteiger partial charge in [-0.05, 0) is 32.8 Å². The lowest BCUT2D eigenvalue weighted by Crippen LogP contribution is -2.55. The number of benzene rings is 1. The van der Waals surface area contributed by atoms with E-state index in [4.69, 9.17) is 4.74 Å². The number of nitro benzene ring substituents is 1. The molecule has 0 bridgehead atoms. The lowest BCUT2D eigenvalue weighted by molar-refractivity contribution is -0.386. The average molecular weight is 331 g/mol. The minimum Gasteiger partial charge on any atom is -0.455 e. The summed E-state index contributed by atoms with van der Waals surface area (Å²) >= 11 is 0. The van der Waals surface area contributed by atoms with Gasteiger partial charge in [-0.15, -0.1) is 0 Å². The lowest BCUT2D eigenvalue weighted by atomic mass is 9.60. The van der Waals surface area contributed by atoms with Crippen LogP contribution in [0.4, 0.5) is 5.69 Å². The quantitative estimate of drug-likeness (QED) is 0.356. The van der Waals surface area contributed by atoms with Gasteiger partial charge >= 0.3 is 5.97 Å². The predicted octanol–water partition coefficient (Wildman–Crippen LogP) is 3.74. The lowest BCUT2D eigenvalue weighted by Gasteiger charge is -2.47. The molecule has 1 aliphatic heterocycles. The number of para-hydroxylation sites is 1. The van der Waals surface area contributed by atoms with Gasteiger partial charge in [0.1, 0.15) is 11.5 Å². The van der Waals surface area contributed by atoms with Gasteiger partial charge in [0.25, 0.3) is 5.69 Å². The minimum absolute atomic E-state index is 0.129. The topological polar surface area (TPSA) is 86.5 Å². The Morgan fingerprint density at radius 1 is 1.12 bits per heavy atom. The third-order valence-electron chi connectivity index (χ3n) is 5.41. The summed E-state index contributed by atoms with van der Waals surface area (Å²) in [6, 6.07) is 6.14. The first-order valence-electron chi connectivity index (χ1n) is 8.30. The van der Waals surface area contributed by atoms with Crippen molar-refractivity contribution in [2.45, 2.75) is 52.1 Å². The van der Waals surface area contributed by atoms with Gasteiger partial charge in [0.2, 0.25) is 0 Å². The molecular weight excluding hydrogens is 310 g/mol. The van der Waals surface area contributed by atoms with Crippen LogP contribution in [0.15, 0.2) is 24.3 Å². The fourth-order valence-electron chi connectivity index (χ4n) is 4.11. The van der Waals surface area contributed by atoms with Crippen molar-refractivity contribution >= 4 is 17.4 Å². The van der Waals surface area contributed by atoms with Crippen molar-refractivity contribution in [3.05, 3.63) is 39.9 Å². The van der Waals surface area contributed by atoms with Crippen LogP contribution in [0.25, 0.3) is 0 Å². The number of nitrogens with zero attached hydrogens (tertiary/aromatic N) is 1. The van der Waals surface area contributed by atoms with E-state index in [1.54, 1.807) is 32.0 Å². The molecule has 1 saturated carbocycles. The van der Waals surface area contributed by atoms with E-state index in [1.165, 1.54) is 6.07 Å². The molecule has 0 N–H and O–H groups in total. The SMILES string of the molecule is CC1(C)C(=O)C2(CCCCC2)C(=O)OC1c1ccccc1[N+](=O)[O-]. The first-order valence-corrected chi connectivity index (χ1v) is 8.30. The van der Waals surface area contributed by atoms with Crippen molar-refractivity contribution in [3.63, 3.8) is 0 Å². The van der Waals surface area contributed by atoms with E-state index >= 15 is 0 Å².